The molecule has 0 aliphatic heterocycles. The van der Waals surface area contributed by atoms with Gasteiger partial charge in [-0.05, 0) is 155 Å². The second-order valence-electron chi connectivity index (χ2n) is 26.9. The minimum atomic E-state index is -0.746. The van der Waals surface area contributed by atoms with Crippen LogP contribution in [0.5, 0.6) is 0 Å². The second-order valence-corrected chi connectivity index (χ2v) is 33.2. The fourth-order valence-corrected chi connectivity index (χ4v) is 16.5. The minimum Gasteiger partial charge on any atom is -0.443 e. The van der Waals surface area contributed by atoms with Crippen molar-refractivity contribution < 1.29 is 46.6 Å². The lowest BCUT2D eigenvalue weighted by Gasteiger charge is -2.27. The minimum absolute atomic E-state index is 0.0327. The summed E-state index contributed by atoms with van der Waals surface area (Å²) in [6.45, 7) is 25.0. The van der Waals surface area contributed by atoms with E-state index in [1.807, 2.05) is 24.4 Å². The number of benzene rings is 3. The van der Waals surface area contributed by atoms with Crippen LogP contribution in [0.15, 0.2) is 201 Å². The molecule has 3 aromatic carbocycles. The van der Waals surface area contributed by atoms with Crippen LogP contribution in [-0.2, 0) is 29.1 Å². The van der Waals surface area contributed by atoms with Crippen LogP contribution in [0.4, 0.5) is 40.2 Å². The predicted molar refractivity (Wildman–Crippen MR) is 410 cm³/mol. The first-order valence-electron chi connectivity index (χ1n) is 33.4. The molecule has 2 amide bonds. The number of nitrogens with zero attached hydrogens (tertiary/aromatic N) is 8. The van der Waals surface area contributed by atoms with Gasteiger partial charge < -0.3 is 29.7 Å². The molecule has 24 heteroatoms. The number of aldehydes is 1. The van der Waals surface area contributed by atoms with E-state index in [4.69, 9.17) is 9.47 Å². The molecule has 0 radical (unpaired) electrons. The van der Waals surface area contributed by atoms with E-state index in [0.717, 1.165) is 27.7 Å². The summed E-state index contributed by atoms with van der Waals surface area (Å²) >= 11 is 2.28. The van der Waals surface area contributed by atoms with Gasteiger partial charge in [-0.2, -0.15) is 0 Å². The molecule has 9 aromatic heterocycles. The third-order valence-electron chi connectivity index (χ3n) is 15.8. The van der Waals surface area contributed by atoms with Crippen LogP contribution >= 0.6 is 22.6 Å². The van der Waals surface area contributed by atoms with E-state index < -0.39 is 43.8 Å². The van der Waals surface area contributed by atoms with Crippen LogP contribution in [0.25, 0.3) is 33.1 Å². The van der Waals surface area contributed by atoms with E-state index in [-0.39, 0.29) is 42.1 Å². The number of halogens is 4. The van der Waals surface area contributed by atoms with Crippen molar-refractivity contribution in [3.05, 3.63) is 267 Å². The SMILES string of the molecule is CC(C)(C)OC(=O)N(Cc1ccccc1F)c1ccc(C(=O)c2c[nH]c3ncccc23)cn1.CC(C)(C)OC(=O)N(Cc1ccccc1F)c1ccc(C=O)cn1.CC(C)[SiH](C(C)C)C(C)C.Ic1c[nH]c2ncccc12.O=C(c1ccc(NCc2ccccc2F)nc1)c1c[nH]c2ncccc12. The number of carbonyl (C=O) groups is 5. The zero-order valence-corrected chi connectivity index (χ0v) is 62.8. The molecular weight excluding hydrogens is 1440 g/mol. The van der Waals surface area contributed by atoms with Crippen molar-refractivity contribution in [2.75, 3.05) is 15.1 Å². The summed E-state index contributed by atoms with van der Waals surface area (Å²) < 4.78 is 53.9. The average molecular weight is 1530 g/mol. The molecule has 19 nitrogen and oxygen atoms in total. The van der Waals surface area contributed by atoms with Gasteiger partial charge in [0.1, 0.15) is 63.0 Å². The largest absolute Gasteiger partial charge is 0.443 e. The van der Waals surface area contributed by atoms with Gasteiger partial charge in [0.25, 0.3) is 0 Å². The molecule has 4 N–H and O–H groups in total. The number of pyridine rings is 6. The van der Waals surface area contributed by atoms with Gasteiger partial charge in [-0.15, -0.1) is 0 Å². The van der Waals surface area contributed by atoms with Crippen LogP contribution in [0.2, 0.25) is 16.6 Å². The van der Waals surface area contributed by atoms with E-state index in [1.165, 1.54) is 67.7 Å². The fourth-order valence-electron chi connectivity index (χ4n) is 11.3. The van der Waals surface area contributed by atoms with Crippen LogP contribution in [0.1, 0.15) is 142 Å². The summed E-state index contributed by atoms with van der Waals surface area (Å²) in [4.78, 5) is 98.6. The molecule has 0 fully saturated rings. The Kier molecular flexibility index (Phi) is 27.4. The number of hydrogen-bond donors (Lipinski definition) is 4. The molecule has 12 aromatic rings. The number of nitrogens with one attached hydrogen (secondary N) is 4. The molecule has 0 unspecified atom stereocenters. The maximum absolute atomic E-state index is 14.3. The Labute approximate surface area is 612 Å². The lowest BCUT2D eigenvalue weighted by Crippen LogP contribution is -2.37. The van der Waals surface area contributed by atoms with Crippen LogP contribution in [0, 0.1) is 21.0 Å². The summed E-state index contributed by atoms with van der Waals surface area (Å²) in [7, 11) is -0.454. The Morgan fingerprint density at radius 1 is 0.495 bits per heavy atom. The lowest BCUT2D eigenvalue weighted by molar-refractivity contribution is 0.0565. The zero-order chi connectivity index (χ0) is 74.5. The van der Waals surface area contributed by atoms with Crippen LogP contribution in [0.3, 0.4) is 0 Å². The maximum atomic E-state index is 14.3. The normalized spacial score (nSPS) is 11.2. The second kappa shape index (κ2) is 36.2. The third-order valence-corrected chi connectivity index (χ3v) is 21.3. The van der Waals surface area contributed by atoms with Crippen LogP contribution < -0.4 is 15.1 Å². The number of hydrogen-bond acceptors (Lipinski definition) is 14. The van der Waals surface area contributed by atoms with E-state index >= 15 is 0 Å². The topological polar surface area (TPSA) is 247 Å². The molecule has 0 saturated heterocycles. The number of aromatic amines is 3. The predicted octanol–water partition coefficient (Wildman–Crippen LogP) is 18.8. The highest BCUT2D eigenvalue weighted by Crippen LogP contribution is 2.30. The van der Waals surface area contributed by atoms with Gasteiger partial charge in [-0.1, -0.05) is 113 Å². The van der Waals surface area contributed by atoms with E-state index in [0.29, 0.717) is 79.8 Å². The quantitative estimate of drug-likeness (QED) is 0.0287. The first-order chi connectivity index (χ1) is 49.1. The standard InChI is InChI=1S/C25H23FN4O3.C20H15FN4O.C18H19FN2O3.C9H22Si.C7H5IN2/c1-25(2,3)33-24(32)30(15-17-7-4-5-9-20(17)26)21-11-10-16(13-28-21)22(31)19-14-29-23-18(19)8-6-12-27-23;21-17-6-2-1-4-13(17)10-23-18-8-7-14(11-24-18)19(26)16-12-25-20-15(16)5-3-9-22-20;1-18(2,3)24-17(23)21(11-14-6-4-5-7-15(14)19)16-9-8-13(12-22)10-20-16;1-7(2)10(8(3)4)9(5)6;8-6-4-10-7-5(6)2-1-3-9-7/h4-14H,15H2,1-3H3,(H,27,29);1-9,11-12H,10H2,(H,22,25)(H,23,24);4-10,12H,11H2,1-3H3;7-10H,1-6H3;1-4H,(H,9,10). The number of ketones is 2. The van der Waals surface area contributed by atoms with Gasteiger partial charge in [0.15, 0.2) is 17.9 Å². The number of aromatic nitrogens is 9. The molecule has 0 atom stereocenters. The number of fused-ring (bicyclic) bond motifs is 3. The van der Waals surface area contributed by atoms with Crippen molar-refractivity contribution in [3.63, 3.8) is 0 Å². The first kappa shape index (κ1) is 78.0. The number of H-pyrrole nitrogens is 3. The van der Waals surface area contributed by atoms with Crippen molar-refractivity contribution in [2.45, 2.75) is 131 Å². The Morgan fingerprint density at radius 3 is 1.26 bits per heavy atom. The molecule has 0 spiro atoms. The Morgan fingerprint density at radius 2 is 0.893 bits per heavy atom. The van der Waals surface area contributed by atoms with E-state index in [9.17, 15) is 37.1 Å². The molecule has 103 heavy (non-hydrogen) atoms. The highest BCUT2D eigenvalue weighted by Gasteiger charge is 2.28. The molecule has 0 aliphatic rings. The molecule has 0 aliphatic carbocycles. The average Bonchev–Trinajstić information content (AvgIpc) is 1.73. The van der Waals surface area contributed by atoms with E-state index in [1.54, 1.807) is 164 Å². The van der Waals surface area contributed by atoms with Crippen molar-refractivity contribution in [1.82, 2.24) is 44.9 Å². The van der Waals surface area contributed by atoms with Crippen LogP contribution in [-0.4, -0.2) is 94.9 Å². The van der Waals surface area contributed by atoms with Gasteiger partial charge in [-0.3, -0.25) is 24.2 Å². The molecule has 0 saturated carbocycles. The maximum Gasteiger partial charge on any atom is 0.416 e. The summed E-state index contributed by atoms with van der Waals surface area (Å²) in [5.41, 5.74) is 7.17. The molecular formula is C79H84F3IN12O7Si. The summed E-state index contributed by atoms with van der Waals surface area (Å²) in [5, 5.41) is 5.74. The van der Waals surface area contributed by atoms with Gasteiger partial charge in [0, 0.05) is 135 Å². The van der Waals surface area contributed by atoms with Crippen molar-refractivity contribution in [2.24, 2.45) is 0 Å². The summed E-state index contributed by atoms with van der Waals surface area (Å²) in [5.74, 6) is -0.391. The van der Waals surface area contributed by atoms with Gasteiger partial charge in [0.2, 0.25) is 0 Å². The smallest absolute Gasteiger partial charge is 0.416 e. The van der Waals surface area contributed by atoms with Crippen molar-refractivity contribution >= 4 is 112 Å². The number of amides is 2. The van der Waals surface area contributed by atoms with Gasteiger partial charge in [-0.25, -0.2) is 52.7 Å². The molecule has 9 heterocycles. The van der Waals surface area contributed by atoms with Crippen molar-refractivity contribution in [3.8, 4) is 0 Å². The summed E-state index contributed by atoms with van der Waals surface area (Å²) in [6, 6.07) is 39.8. The first-order valence-corrected chi connectivity index (χ1v) is 36.5. The Balaban J connectivity index is 0.000000174. The lowest BCUT2D eigenvalue weighted by atomic mass is 10.1. The molecule has 12 rings (SSSR count). The number of carbonyl (C=O) groups excluding carboxylic acids is 5. The number of anilines is 3. The Hall–Kier alpha value is -10.7. The van der Waals surface area contributed by atoms with Crippen molar-refractivity contribution in [1.29, 1.82) is 0 Å². The third kappa shape index (κ3) is 22.1. The molecule has 0 bridgehead atoms. The van der Waals surface area contributed by atoms with E-state index in [2.05, 4.69) is 120 Å². The van der Waals surface area contributed by atoms with Gasteiger partial charge in [0.05, 0.1) is 13.1 Å². The fraction of sp³-hybridized carbons (Fsp3) is 0.253. The number of rotatable bonds is 17. The number of ether oxygens (including phenoxy) is 2. The Bertz CT molecular complexity index is 4790. The highest BCUT2D eigenvalue weighted by molar-refractivity contribution is 14.1. The highest BCUT2D eigenvalue weighted by atomic mass is 127. The monoisotopic (exact) mass is 1520 g/mol. The summed E-state index contributed by atoms with van der Waals surface area (Å²) in [6.07, 6.45) is 13.9. The molecule has 534 valence electrons. The van der Waals surface area contributed by atoms with Gasteiger partial charge >= 0.3 is 12.2 Å². The zero-order valence-electron chi connectivity index (χ0n) is 59.5.